The first-order valence-electron chi connectivity index (χ1n) is 4.33. The lowest BCUT2D eigenvalue weighted by atomic mass is 10.0. The SMILES string of the molecule is CCC(N)Cc1cc(I)ccc1F. The Hall–Kier alpha value is -0.160. The second-order valence-corrected chi connectivity index (χ2v) is 4.35. The lowest BCUT2D eigenvalue weighted by Crippen LogP contribution is -2.22. The van der Waals surface area contributed by atoms with Gasteiger partial charge in [0.15, 0.2) is 0 Å². The van der Waals surface area contributed by atoms with Gasteiger partial charge in [0.1, 0.15) is 5.82 Å². The summed E-state index contributed by atoms with van der Waals surface area (Å²) in [5, 5.41) is 0. The number of hydrogen-bond acceptors (Lipinski definition) is 1. The minimum absolute atomic E-state index is 0.0627. The monoisotopic (exact) mass is 293 g/mol. The molecule has 1 aromatic carbocycles. The van der Waals surface area contributed by atoms with E-state index in [0.717, 1.165) is 15.6 Å². The first-order valence-corrected chi connectivity index (χ1v) is 5.41. The lowest BCUT2D eigenvalue weighted by molar-refractivity contribution is 0.578. The van der Waals surface area contributed by atoms with Crippen molar-refractivity contribution in [3.8, 4) is 0 Å². The van der Waals surface area contributed by atoms with E-state index in [2.05, 4.69) is 22.6 Å². The largest absolute Gasteiger partial charge is 0.327 e. The van der Waals surface area contributed by atoms with Crippen molar-refractivity contribution in [1.29, 1.82) is 0 Å². The Morgan fingerprint density at radius 1 is 1.54 bits per heavy atom. The highest BCUT2D eigenvalue weighted by Gasteiger charge is 2.06. The molecule has 0 saturated heterocycles. The summed E-state index contributed by atoms with van der Waals surface area (Å²) in [5.74, 6) is -0.149. The van der Waals surface area contributed by atoms with Crippen molar-refractivity contribution in [2.75, 3.05) is 0 Å². The summed E-state index contributed by atoms with van der Waals surface area (Å²) >= 11 is 2.17. The van der Waals surface area contributed by atoms with E-state index in [-0.39, 0.29) is 11.9 Å². The molecule has 1 aromatic rings. The molecular formula is C10H13FIN. The second-order valence-electron chi connectivity index (χ2n) is 3.11. The third-order valence-corrected chi connectivity index (χ3v) is 2.69. The minimum Gasteiger partial charge on any atom is -0.327 e. The molecule has 0 aliphatic rings. The van der Waals surface area contributed by atoms with Gasteiger partial charge in [-0.3, -0.25) is 0 Å². The zero-order valence-electron chi connectivity index (χ0n) is 7.56. The maximum atomic E-state index is 13.2. The molecule has 1 unspecified atom stereocenters. The van der Waals surface area contributed by atoms with Crippen LogP contribution >= 0.6 is 22.6 Å². The van der Waals surface area contributed by atoms with Crippen LogP contribution in [-0.2, 0) is 6.42 Å². The fraction of sp³-hybridized carbons (Fsp3) is 0.400. The molecule has 0 heterocycles. The van der Waals surface area contributed by atoms with Crippen LogP contribution in [0.3, 0.4) is 0 Å². The van der Waals surface area contributed by atoms with E-state index >= 15 is 0 Å². The van der Waals surface area contributed by atoms with Crippen molar-refractivity contribution in [2.45, 2.75) is 25.8 Å². The average Bonchev–Trinajstić information content (AvgIpc) is 2.11. The highest BCUT2D eigenvalue weighted by molar-refractivity contribution is 14.1. The van der Waals surface area contributed by atoms with Crippen LogP contribution in [0.5, 0.6) is 0 Å². The molecule has 13 heavy (non-hydrogen) atoms. The van der Waals surface area contributed by atoms with Gasteiger partial charge in [-0.15, -0.1) is 0 Å². The Balaban J connectivity index is 2.81. The van der Waals surface area contributed by atoms with Gasteiger partial charge in [0, 0.05) is 9.61 Å². The van der Waals surface area contributed by atoms with Crippen LogP contribution in [0, 0.1) is 9.39 Å². The molecule has 0 aliphatic heterocycles. The maximum absolute atomic E-state index is 13.2. The molecule has 0 aliphatic carbocycles. The van der Waals surface area contributed by atoms with Crippen molar-refractivity contribution in [1.82, 2.24) is 0 Å². The van der Waals surface area contributed by atoms with Crippen molar-refractivity contribution in [2.24, 2.45) is 5.73 Å². The Kier molecular flexibility index (Phi) is 4.12. The van der Waals surface area contributed by atoms with Gasteiger partial charge in [-0.1, -0.05) is 6.92 Å². The molecule has 0 spiro atoms. The minimum atomic E-state index is -0.149. The molecular weight excluding hydrogens is 280 g/mol. The molecule has 0 bridgehead atoms. The lowest BCUT2D eigenvalue weighted by Gasteiger charge is -2.09. The number of hydrogen-bond donors (Lipinski definition) is 1. The molecule has 1 rings (SSSR count). The molecule has 0 fully saturated rings. The van der Waals surface area contributed by atoms with E-state index in [1.54, 1.807) is 6.07 Å². The van der Waals surface area contributed by atoms with E-state index in [1.807, 2.05) is 13.0 Å². The van der Waals surface area contributed by atoms with Crippen molar-refractivity contribution in [3.05, 3.63) is 33.1 Å². The van der Waals surface area contributed by atoms with Crippen LogP contribution in [0.15, 0.2) is 18.2 Å². The number of rotatable bonds is 3. The standard InChI is InChI=1S/C10H13FIN/c1-2-9(13)6-7-5-8(12)3-4-10(7)11/h3-5,9H,2,6,13H2,1H3. The Labute approximate surface area is 91.7 Å². The van der Waals surface area contributed by atoms with Crippen LogP contribution < -0.4 is 5.73 Å². The van der Waals surface area contributed by atoms with Gasteiger partial charge in [0.25, 0.3) is 0 Å². The molecule has 3 heteroatoms. The molecule has 0 amide bonds. The summed E-state index contributed by atoms with van der Waals surface area (Å²) in [6.45, 7) is 2.01. The fourth-order valence-corrected chi connectivity index (χ4v) is 1.68. The summed E-state index contributed by atoms with van der Waals surface area (Å²) in [7, 11) is 0. The van der Waals surface area contributed by atoms with Gasteiger partial charge in [0.05, 0.1) is 0 Å². The molecule has 0 aromatic heterocycles. The second kappa shape index (κ2) is 4.91. The molecule has 2 N–H and O–H groups in total. The molecule has 1 atom stereocenters. The summed E-state index contributed by atoms with van der Waals surface area (Å²) in [4.78, 5) is 0. The van der Waals surface area contributed by atoms with Gasteiger partial charge in [0.2, 0.25) is 0 Å². The van der Waals surface area contributed by atoms with E-state index in [4.69, 9.17) is 5.73 Å². The highest BCUT2D eigenvalue weighted by Crippen LogP contribution is 2.14. The van der Waals surface area contributed by atoms with Gasteiger partial charge in [-0.05, 0) is 59.2 Å². The van der Waals surface area contributed by atoms with Crippen LogP contribution in [-0.4, -0.2) is 6.04 Å². The molecule has 72 valence electrons. The quantitative estimate of drug-likeness (QED) is 0.852. The smallest absolute Gasteiger partial charge is 0.126 e. The molecule has 1 nitrogen and oxygen atoms in total. The van der Waals surface area contributed by atoms with E-state index in [0.29, 0.717) is 6.42 Å². The third-order valence-electron chi connectivity index (χ3n) is 2.01. The van der Waals surface area contributed by atoms with Crippen LogP contribution in [0.25, 0.3) is 0 Å². The first-order chi connectivity index (χ1) is 6.13. The number of nitrogens with two attached hydrogens (primary N) is 1. The van der Waals surface area contributed by atoms with Crippen LogP contribution in [0.1, 0.15) is 18.9 Å². The topological polar surface area (TPSA) is 26.0 Å². The number of halogens is 2. The summed E-state index contributed by atoms with van der Waals surface area (Å²) in [6.07, 6.45) is 1.50. The Bertz CT molecular complexity index is 288. The van der Waals surface area contributed by atoms with Gasteiger partial charge in [-0.25, -0.2) is 4.39 Å². The van der Waals surface area contributed by atoms with Crippen molar-refractivity contribution < 1.29 is 4.39 Å². The molecule has 0 radical (unpaired) electrons. The predicted molar refractivity (Wildman–Crippen MR) is 61.1 cm³/mol. The highest BCUT2D eigenvalue weighted by atomic mass is 127. The fourth-order valence-electron chi connectivity index (χ4n) is 1.13. The van der Waals surface area contributed by atoms with Gasteiger partial charge < -0.3 is 5.73 Å². The maximum Gasteiger partial charge on any atom is 0.126 e. The predicted octanol–water partition coefficient (Wildman–Crippen LogP) is 2.71. The van der Waals surface area contributed by atoms with E-state index in [1.165, 1.54) is 6.07 Å². The summed E-state index contributed by atoms with van der Waals surface area (Å²) < 4.78 is 14.3. The molecule has 0 saturated carbocycles. The van der Waals surface area contributed by atoms with Gasteiger partial charge in [-0.2, -0.15) is 0 Å². The van der Waals surface area contributed by atoms with E-state index in [9.17, 15) is 4.39 Å². The van der Waals surface area contributed by atoms with Crippen LogP contribution in [0.2, 0.25) is 0 Å². The van der Waals surface area contributed by atoms with E-state index < -0.39 is 0 Å². The summed E-state index contributed by atoms with van der Waals surface area (Å²) in [6, 6.07) is 5.18. The Morgan fingerprint density at radius 3 is 2.85 bits per heavy atom. The van der Waals surface area contributed by atoms with Crippen molar-refractivity contribution in [3.63, 3.8) is 0 Å². The first kappa shape index (κ1) is 10.9. The third kappa shape index (κ3) is 3.23. The Morgan fingerprint density at radius 2 is 2.23 bits per heavy atom. The normalized spacial score (nSPS) is 12.9. The summed E-state index contributed by atoms with van der Waals surface area (Å²) in [5.41, 5.74) is 6.48. The zero-order chi connectivity index (χ0) is 9.84. The zero-order valence-corrected chi connectivity index (χ0v) is 9.71. The van der Waals surface area contributed by atoms with Crippen LogP contribution in [0.4, 0.5) is 4.39 Å². The average molecular weight is 293 g/mol. The van der Waals surface area contributed by atoms with Crippen molar-refractivity contribution >= 4 is 22.6 Å². The number of benzene rings is 1. The van der Waals surface area contributed by atoms with Gasteiger partial charge >= 0.3 is 0 Å².